The Kier molecular flexibility index (Phi) is 1.92. The van der Waals surface area contributed by atoms with Crippen molar-refractivity contribution >= 4 is 0 Å². The molecule has 12 heavy (non-hydrogen) atoms. The minimum absolute atomic E-state index is 0.291. The zero-order valence-corrected chi connectivity index (χ0v) is 8.08. The summed E-state index contributed by atoms with van der Waals surface area (Å²) in [6, 6.07) is 1.07. The van der Waals surface area contributed by atoms with Gasteiger partial charge >= 0.3 is 0 Å². The Hall–Kier alpha value is -0.0800. The fraction of sp³-hybridized carbons (Fsp3) is 1.00. The largest absolute Gasteiger partial charge is 0.388 e. The summed E-state index contributed by atoms with van der Waals surface area (Å²) in [6.07, 6.45) is 4.53. The fourth-order valence-corrected chi connectivity index (χ4v) is 2.45. The maximum Gasteiger partial charge on any atom is 0.0804 e. The number of aliphatic hydroxyl groups is 1. The van der Waals surface area contributed by atoms with Gasteiger partial charge in [0.15, 0.2) is 0 Å². The van der Waals surface area contributed by atoms with E-state index in [1.807, 2.05) is 0 Å². The van der Waals surface area contributed by atoms with Crippen LogP contribution in [0.4, 0.5) is 0 Å². The highest BCUT2D eigenvalue weighted by Gasteiger charge is 2.51. The number of hydrogen-bond donors (Lipinski definition) is 1. The first-order chi connectivity index (χ1) is 5.63. The van der Waals surface area contributed by atoms with E-state index in [1.165, 1.54) is 19.4 Å². The maximum atomic E-state index is 10.0. The van der Waals surface area contributed by atoms with E-state index in [-0.39, 0.29) is 5.60 Å². The highest BCUT2D eigenvalue weighted by Crippen LogP contribution is 2.45. The molecule has 1 saturated carbocycles. The highest BCUT2D eigenvalue weighted by molar-refractivity contribution is 5.06. The molecule has 1 N–H and O–H groups in total. The van der Waals surface area contributed by atoms with Crippen LogP contribution < -0.4 is 0 Å². The summed E-state index contributed by atoms with van der Waals surface area (Å²) < 4.78 is 0. The van der Waals surface area contributed by atoms with Crippen LogP contribution in [-0.4, -0.2) is 34.2 Å². The molecule has 1 saturated heterocycles. The van der Waals surface area contributed by atoms with Gasteiger partial charge in [-0.25, -0.2) is 0 Å². The zero-order valence-electron chi connectivity index (χ0n) is 8.08. The summed E-state index contributed by atoms with van der Waals surface area (Å²) in [4.78, 5) is 2.47. The van der Waals surface area contributed by atoms with Gasteiger partial charge in [0.2, 0.25) is 0 Å². The molecule has 70 valence electrons. The van der Waals surface area contributed by atoms with Gasteiger partial charge in [0, 0.05) is 12.1 Å². The van der Waals surface area contributed by atoms with Crippen molar-refractivity contribution in [3.8, 4) is 0 Å². The van der Waals surface area contributed by atoms with Crippen LogP contribution in [0.5, 0.6) is 0 Å². The molecule has 0 aromatic carbocycles. The second kappa shape index (κ2) is 2.71. The molecule has 1 unspecified atom stereocenters. The monoisotopic (exact) mass is 169 g/mol. The van der Waals surface area contributed by atoms with Crippen molar-refractivity contribution in [2.24, 2.45) is 0 Å². The molecule has 1 heterocycles. The summed E-state index contributed by atoms with van der Waals surface area (Å²) in [7, 11) is 0. The molecule has 2 nitrogen and oxygen atoms in total. The highest BCUT2D eigenvalue weighted by atomic mass is 16.3. The van der Waals surface area contributed by atoms with Gasteiger partial charge in [-0.2, -0.15) is 0 Å². The van der Waals surface area contributed by atoms with Crippen molar-refractivity contribution < 1.29 is 5.11 Å². The van der Waals surface area contributed by atoms with Gasteiger partial charge in [-0.05, 0) is 46.1 Å². The molecule has 0 radical (unpaired) electrons. The first-order valence-corrected chi connectivity index (χ1v) is 5.11. The lowest BCUT2D eigenvalue weighted by molar-refractivity contribution is 0.0379. The number of hydrogen-bond acceptors (Lipinski definition) is 2. The molecular formula is C10H19NO. The first-order valence-electron chi connectivity index (χ1n) is 5.11. The van der Waals surface area contributed by atoms with Gasteiger partial charge in [0.25, 0.3) is 0 Å². The van der Waals surface area contributed by atoms with E-state index >= 15 is 0 Å². The van der Waals surface area contributed by atoms with E-state index in [9.17, 15) is 5.11 Å². The normalized spacial score (nSPS) is 34.5. The van der Waals surface area contributed by atoms with Crippen LogP contribution in [0.1, 0.15) is 39.5 Å². The van der Waals surface area contributed by atoms with Crippen molar-refractivity contribution in [3.63, 3.8) is 0 Å². The third kappa shape index (κ3) is 1.27. The van der Waals surface area contributed by atoms with Gasteiger partial charge in [-0.3, -0.25) is 4.90 Å². The topological polar surface area (TPSA) is 23.5 Å². The predicted molar refractivity (Wildman–Crippen MR) is 49.0 cm³/mol. The second-order valence-electron chi connectivity index (χ2n) is 4.59. The number of rotatable bonds is 2. The van der Waals surface area contributed by atoms with Gasteiger partial charge in [0.1, 0.15) is 0 Å². The molecule has 1 aliphatic carbocycles. The maximum absolute atomic E-state index is 10.0. The van der Waals surface area contributed by atoms with Crippen LogP contribution in [0.3, 0.4) is 0 Å². The van der Waals surface area contributed by atoms with Crippen molar-refractivity contribution in [3.05, 3.63) is 0 Å². The molecule has 2 fully saturated rings. The molecule has 0 aromatic rings. The van der Waals surface area contributed by atoms with Crippen LogP contribution in [-0.2, 0) is 0 Å². The predicted octanol–water partition coefficient (Wildman–Crippen LogP) is 1.38. The molecule has 1 atom stereocenters. The first kappa shape index (κ1) is 8.52. The van der Waals surface area contributed by atoms with E-state index in [1.54, 1.807) is 0 Å². The van der Waals surface area contributed by atoms with E-state index in [4.69, 9.17) is 0 Å². The molecule has 0 spiro atoms. The number of likely N-dealkylation sites (tertiary alicyclic amines) is 1. The third-order valence-electron chi connectivity index (χ3n) is 3.34. The Morgan fingerprint density at radius 1 is 1.42 bits per heavy atom. The van der Waals surface area contributed by atoms with E-state index < -0.39 is 0 Å². The Bertz CT molecular complexity index is 175. The van der Waals surface area contributed by atoms with Crippen molar-refractivity contribution in [1.29, 1.82) is 0 Å². The fourth-order valence-electron chi connectivity index (χ4n) is 2.45. The molecule has 0 amide bonds. The van der Waals surface area contributed by atoms with Crippen molar-refractivity contribution in [2.45, 2.75) is 57.2 Å². The Balaban J connectivity index is 2.04. The zero-order chi connectivity index (χ0) is 8.77. The minimum Gasteiger partial charge on any atom is -0.388 e. The molecule has 1 aliphatic heterocycles. The van der Waals surface area contributed by atoms with Gasteiger partial charge < -0.3 is 5.11 Å². The van der Waals surface area contributed by atoms with E-state index in [2.05, 4.69) is 18.7 Å². The lowest BCUT2D eigenvalue weighted by atomic mass is 10.1. The Morgan fingerprint density at radius 2 is 2.08 bits per heavy atom. The molecule has 2 rings (SSSR count). The van der Waals surface area contributed by atoms with E-state index in [0.717, 1.165) is 12.8 Å². The van der Waals surface area contributed by atoms with Crippen LogP contribution >= 0.6 is 0 Å². The lowest BCUT2D eigenvalue weighted by Crippen LogP contribution is -2.44. The second-order valence-corrected chi connectivity index (χ2v) is 4.59. The summed E-state index contributed by atoms with van der Waals surface area (Å²) in [5.41, 5.74) is -0.291. The van der Waals surface area contributed by atoms with Crippen LogP contribution in [0.15, 0.2) is 0 Å². The Morgan fingerprint density at radius 3 is 2.58 bits per heavy atom. The van der Waals surface area contributed by atoms with Gasteiger partial charge in [0.05, 0.1) is 5.60 Å². The summed E-state index contributed by atoms with van der Waals surface area (Å²) >= 11 is 0. The summed E-state index contributed by atoms with van der Waals surface area (Å²) in [5, 5.41) is 10.0. The lowest BCUT2D eigenvalue weighted by Gasteiger charge is -2.31. The average molecular weight is 169 g/mol. The summed E-state index contributed by atoms with van der Waals surface area (Å²) in [5.74, 6) is 0. The molecule has 2 heteroatoms. The molecule has 0 aromatic heterocycles. The van der Waals surface area contributed by atoms with Gasteiger partial charge in [-0.15, -0.1) is 0 Å². The quantitative estimate of drug-likeness (QED) is 0.675. The third-order valence-corrected chi connectivity index (χ3v) is 3.34. The van der Waals surface area contributed by atoms with Crippen LogP contribution in [0.25, 0.3) is 0 Å². The molecule has 0 bridgehead atoms. The Labute approximate surface area is 74.6 Å². The standard InChI is InChI=1S/C10H19NO/c1-8(2)11-7-3-4-9(11)10(12)5-6-10/h8-9,12H,3-7H2,1-2H3. The SMILES string of the molecule is CC(C)N1CCCC1C1(O)CC1. The van der Waals surface area contributed by atoms with Crippen LogP contribution in [0, 0.1) is 0 Å². The average Bonchev–Trinajstić information content (AvgIpc) is 2.61. The van der Waals surface area contributed by atoms with Crippen molar-refractivity contribution in [2.75, 3.05) is 6.54 Å². The minimum atomic E-state index is -0.291. The smallest absolute Gasteiger partial charge is 0.0804 e. The summed E-state index contributed by atoms with van der Waals surface area (Å²) in [6.45, 7) is 5.64. The van der Waals surface area contributed by atoms with Gasteiger partial charge in [-0.1, -0.05) is 0 Å². The molecule has 2 aliphatic rings. The molecular weight excluding hydrogens is 150 g/mol. The van der Waals surface area contributed by atoms with Crippen LogP contribution in [0.2, 0.25) is 0 Å². The van der Waals surface area contributed by atoms with E-state index in [0.29, 0.717) is 12.1 Å². The van der Waals surface area contributed by atoms with Crippen molar-refractivity contribution in [1.82, 2.24) is 4.90 Å². The number of nitrogens with zero attached hydrogens (tertiary/aromatic N) is 1.